The lowest BCUT2D eigenvalue weighted by Gasteiger charge is -2.26. The lowest BCUT2D eigenvalue weighted by atomic mass is 9.78. The van der Waals surface area contributed by atoms with Gasteiger partial charge >= 0.3 is 0 Å². The number of hydrogen-bond acceptors (Lipinski definition) is 3. The molecule has 0 amide bonds. The molecular weight excluding hydrogens is 264 g/mol. The van der Waals surface area contributed by atoms with Crippen molar-refractivity contribution in [1.82, 2.24) is 0 Å². The van der Waals surface area contributed by atoms with Crippen LogP contribution in [-0.4, -0.2) is 18.3 Å². The summed E-state index contributed by atoms with van der Waals surface area (Å²) >= 11 is 0. The first kappa shape index (κ1) is 15.4. The van der Waals surface area contributed by atoms with E-state index in [1.54, 1.807) is 0 Å². The summed E-state index contributed by atoms with van der Waals surface area (Å²) in [6, 6.07) is 15.7. The van der Waals surface area contributed by atoms with Gasteiger partial charge in [-0.25, -0.2) is 0 Å². The highest BCUT2D eigenvalue weighted by Crippen LogP contribution is 2.33. The third kappa shape index (κ3) is 3.56. The molecular formula is C18H20O3. The van der Waals surface area contributed by atoms with Gasteiger partial charge in [0.25, 0.3) is 0 Å². The Labute approximate surface area is 126 Å². The fourth-order valence-corrected chi connectivity index (χ4v) is 2.25. The zero-order valence-electron chi connectivity index (χ0n) is 12.4. The average Bonchev–Trinajstić information content (AvgIpc) is 2.53. The lowest BCUT2D eigenvalue weighted by Crippen LogP contribution is -2.18. The summed E-state index contributed by atoms with van der Waals surface area (Å²) in [5, 5.41) is 8.76. The van der Waals surface area contributed by atoms with Crippen molar-refractivity contribution in [1.29, 1.82) is 0 Å². The number of ether oxygens (including phenoxy) is 2. The van der Waals surface area contributed by atoms with E-state index in [9.17, 15) is 0 Å². The van der Waals surface area contributed by atoms with E-state index < -0.39 is 0 Å². The minimum absolute atomic E-state index is 0.0167. The van der Waals surface area contributed by atoms with Gasteiger partial charge in [-0.05, 0) is 35.4 Å². The second kappa shape index (κ2) is 6.64. The summed E-state index contributed by atoms with van der Waals surface area (Å²) in [7, 11) is 5.14. The van der Waals surface area contributed by atoms with Crippen LogP contribution in [0, 0.1) is 7.11 Å². The van der Waals surface area contributed by atoms with Gasteiger partial charge in [-0.1, -0.05) is 38.1 Å². The summed E-state index contributed by atoms with van der Waals surface area (Å²) in [5.41, 5.74) is 2.22. The monoisotopic (exact) mass is 284 g/mol. The van der Waals surface area contributed by atoms with E-state index in [2.05, 4.69) is 13.8 Å². The van der Waals surface area contributed by atoms with Crippen LogP contribution in [0.2, 0.25) is 0 Å². The molecule has 110 valence electrons. The highest BCUT2D eigenvalue weighted by atomic mass is 16.5. The molecule has 0 aliphatic carbocycles. The molecule has 0 saturated carbocycles. The Morgan fingerprint density at radius 3 is 1.81 bits per heavy atom. The molecule has 0 unspecified atom stereocenters. The van der Waals surface area contributed by atoms with Gasteiger partial charge in [0.15, 0.2) is 7.11 Å². The van der Waals surface area contributed by atoms with Crippen LogP contribution in [0.3, 0.4) is 0 Å². The first-order valence-electron chi connectivity index (χ1n) is 6.89. The van der Waals surface area contributed by atoms with Crippen molar-refractivity contribution in [2.24, 2.45) is 0 Å². The van der Waals surface area contributed by atoms with Crippen LogP contribution in [0.5, 0.6) is 11.5 Å². The zero-order chi connectivity index (χ0) is 15.3. The van der Waals surface area contributed by atoms with E-state index in [1.807, 2.05) is 48.5 Å². The maximum Gasteiger partial charge on any atom is 0.180 e. The van der Waals surface area contributed by atoms with Crippen LogP contribution in [0.1, 0.15) is 25.0 Å². The highest BCUT2D eigenvalue weighted by molar-refractivity contribution is 5.41. The SMILES string of the molecule is [CH]Oc1ccc(C(C)(C)c2ccc(OCCO)cc2)cc1. The number of benzene rings is 2. The molecule has 0 bridgehead atoms. The van der Waals surface area contributed by atoms with Gasteiger partial charge in [0.2, 0.25) is 0 Å². The third-order valence-electron chi connectivity index (χ3n) is 3.65. The average molecular weight is 284 g/mol. The Balaban J connectivity index is 2.21. The Hall–Kier alpha value is -2.00. The van der Waals surface area contributed by atoms with E-state index in [-0.39, 0.29) is 12.0 Å². The summed E-state index contributed by atoms with van der Waals surface area (Å²) in [4.78, 5) is 0. The van der Waals surface area contributed by atoms with Crippen molar-refractivity contribution in [2.75, 3.05) is 13.2 Å². The molecule has 0 aliphatic heterocycles. The van der Waals surface area contributed by atoms with Crippen molar-refractivity contribution in [3.05, 3.63) is 66.8 Å². The third-order valence-corrected chi connectivity index (χ3v) is 3.65. The highest BCUT2D eigenvalue weighted by Gasteiger charge is 2.23. The van der Waals surface area contributed by atoms with Crippen molar-refractivity contribution >= 4 is 0 Å². The van der Waals surface area contributed by atoms with Crippen LogP contribution in [0.15, 0.2) is 48.5 Å². The van der Waals surface area contributed by atoms with Gasteiger partial charge in [0.1, 0.15) is 18.1 Å². The number of aliphatic hydroxyl groups excluding tert-OH is 1. The summed E-state index contributed by atoms with van der Waals surface area (Å²) in [6.45, 7) is 4.65. The first-order valence-corrected chi connectivity index (χ1v) is 6.89. The Bertz CT molecular complexity index is 556. The minimum Gasteiger partial charge on any atom is -0.491 e. The number of hydrogen-bond donors (Lipinski definition) is 1. The normalized spacial score (nSPS) is 11.2. The van der Waals surface area contributed by atoms with Crippen LogP contribution in [-0.2, 0) is 5.41 Å². The Morgan fingerprint density at radius 1 is 0.905 bits per heavy atom. The molecule has 2 rings (SSSR count). The minimum atomic E-state index is -0.136. The molecule has 0 fully saturated rings. The van der Waals surface area contributed by atoms with Gasteiger partial charge in [0.05, 0.1) is 6.61 Å². The number of rotatable bonds is 6. The Morgan fingerprint density at radius 2 is 1.38 bits per heavy atom. The Kier molecular flexibility index (Phi) is 4.86. The molecule has 0 saturated heterocycles. The second-order valence-corrected chi connectivity index (χ2v) is 5.36. The quantitative estimate of drug-likeness (QED) is 0.883. The van der Waals surface area contributed by atoms with Crippen molar-refractivity contribution < 1.29 is 14.6 Å². The molecule has 2 aromatic carbocycles. The molecule has 0 spiro atoms. The van der Waals surface area contributed by atoms with Crippen LogP contribution >= 0.6 is 0 Å². The van der Waals surface area contributed by atoms with E-state index in [0.717, 1.165) is 5.75 Å². The van der Waals surface area contributed by atoms with Crippen molar-refractivity contribution in [2.45, 2.75) is 19.3 Å². The predicted octanol–water partition coefficient (Wildman–Crippen LogP) is 3.43. The second-order valence-electron chi connectivity index (χ2n) is 5.36. The van der Waals surface area contributed by atoms with Crippen molar-refractivity contribution in [3.63, 3.8) is 0 Å². The van der Waals surface area contributed by atoms with Gasteiger partial charge in [-0.3, -0.25) is 0 Å². The molecule has 0 atom stereocenters. The maximum absolute atomic E-state index is 8.76. The molecule has 0 heterocycles. The predicted molar refractivity (Wildman–Crippen MR) is 82.5 cm³/mol. The molecule has 0 aliphatic rings. The van der Waals surface area contributed by atoms with Gasteiger partial charge in [-0.2, -0.15) is 0 Å². The van der Waals surface area contributed by atoms with Gasteiger partial charge < -0.3 is 14.6 Å². The van der Waals surface area contributed by atoms with Crippen molar-refractivity contribution in [3.8, 4) is 11.5 Å². The molecule has 2 aromatic rings. The van der Waals surface area contributed by atoms with E-state index >= 15 is 0 Å². The smallest absolute Gasteiger partial charge is 0.180 e. The molecule has 21 heavy (non-hydrogen) atoms. The summed E-state index contributed by atoms with van der Waals surface area (Å²) < 4.78 is 10.1. The molecule has 3 heteroatoms. The fourth-order valence-electron chi connectivity index (χ4n) is 2.25. The van der Waals surface area contributed by atoms with E-state index in [1.165, 1.54) is 11.1 Å². The van der Waals surface area contributed by atoms with Crippen LogP contribution < -0.4 is 9.47 Å². The summed E-state index contributed by atoms with van der Waals surface area (Å²) in [5.74, 6) is 1.40. The van der Waals surface area contributed by atoms with Crippen LogP contribution in [0.4, 0.5) is 0 Å². The van der Waals surface area contributed by atoms with E-state index in [4.69, 9.17) is 21.7 Å². The van der Waals surface area contributed by atoms with Gasteiger partial charge in [-0.15, -0.1) is 0 Å². The summed E-state index contributed by atoms with van der Waals surface area (Å²) in [6.07, 6.45) is 0. The van der Waals surface area contributed by atoms with Gasteiger partial charge in [0, 0.05) is 5.41 Å². The fraction of sp³-hybridized carbons (Fsp3) is 0.278. The molecule has 3 nitrogen and oxygen atoms in total. The maximum atomic E-state index is 8.76. The lowest BCUT2D eigenvalue weighted by molar-refractivity contribution is 0.201. The molecule has 1 N–H and O–H groups in total. The topological polar surface area (TPSA) is 38.7 Å². The standard InChI is InChI=1S/C18H20O3/c1-18(2,14-4-8-16(20-3)9-5-14)15-6-10-17(11-7-15)21-13-12-19/h3-11,19H,12-13H2,1-2H3. The van der Waals surface area contributed by atoms with E-state index in [0.29, 0.717) is 12.4 Å². The first-order chi connectivity index (χ1) is 10.1. The largest absolute Gasteiger partial charge is 0.491 e. The zero-order valence-corrected chi connectivity index (χ0v) is 12.4. The molecule has 0 aromatic heterocycles. The molecule has 2 radical (unpaired) electrons. The van der Waals surface area contributed by atoms with Crippen LogP contribution in [0.25, 0.3) is 0 Å². The number of aliphatic hydroxyl groups is 1.